The number of hydrogen-bond acceptors (Lipinski definition) is 4. The van der Waals surface area contributed by atoms with E-state index >= 15 is 0 Å². The number of fused-ring (bicyclic) bond motifs is 1. The van der Waals surface area contributed by atoms with Crippen molar-refractivity contribution < 1.29 is 31.8 Å². The Morgan fingerprint density at radius 3 is 2.42 bits per heavy atom. The van der Waals surface area contributed by atoms with Gasteiger partial charge in [-0.25, -0.2) is 0 Å². The third-order valence-corrected chi connectivity index (χ3v) is 3.90. The molecule has 2 aromatic rings. The molecule has 5 nitrogen and oxygen atoms in total. The maximum Gasteiger partial charge on any atom is 0.387 e. The number of alkyl halides is 4. The molecule has 2 aromatic carbocycles. The third-order valence-electron chi connectivity index (χ3n) is 3.90. The molecule has 9 heteroatoms. The number of rotatable bonds is 5. The number of para-hydroxylation sites is 1. The van der Waals surface area contributed by atoms with Crippen molar-refractivity contribution in [1.82, 2.24) is 5.32 Å². The minimum atomic E-state index is -3.17. The van der Waals surface area contributed by atoms with Gasteiger partial charge in [-0.15, -0.1) is 0 Å². The number of hydrogen-bond donors (Lipinski definition) is 1. The molecule has 1 heterocycles. The number of carbonyl (C=O) groups is 1. The minimum Gasteiger partial charge on any atom is -0.435 e. The highest BCUT2D eigenvalue weighted by Crippen LogP contribution is 2.37. The van der Waals surface area contributed by atoms with E-state index in [1.165, 1.54) is 12.1 Å². The van der Waals surface area contributed by atoms with Crippen molar-refractivity contribution in [2.75, 3.05) is 11.9 Å². The van der Waals surface area contributed by atoms with E-state index in [0.717, 1.165) is 6.07 Å². The average Bonchev–Trinajstić information content (AvgIpc) is 2.58. The first-order valence-corrected chi connectivity index (χ1v) is 7.53. The fourth-order valence-electron chi connectivity index (χ4n) is 2.81. The zero-order chi connectivity index (χ0) is 18.8. The number of benzene rings is 2. The predicted octanol–water partition coefficient (Wildman–Crippen LogP) is 3.77. The SMILES string of the molecule is CN1c2ccccc2C(=O)N[C@H]1c1ccc(OC(F)F)cc1OC(F)F. The van der Waals surface area contributed by atoms with Crippen LogP contribution >= 0.6 is 0 Å². The number of halogens is 4. The van der Waals surface area contributed by atoms with E-state index in [9.17, 15) is 22.4 Å². The Labute approximate surface area is 146 Å². The summed E-state index contributed by atoms with van der Waals surface area (Å²) in [6, 6.07) is 10.2. The average molecular weight is 370 g/mol. The van der Waals surface area contributed by atoms with Gasteiger partial charge < -0.3 is 19.7 Å². The first kappa shape index (κ1) is 17.8. The van der Waals surface area contributed by atoms with E-state index in [2.05, 4.69) is 14.8 Å². The second kappa shape index (κ2) is 7.11. The van der Waals surface area contributed by atoms with Gasteiger partial charge in [0.15, 0.2) is 0 Å². The molecule has 0 radical (unpaired) electrons. The van der Waals surface area contributed by atoms with Crippen LogP contribution in [-0.2, 0) is 0 Å². The molecule has 0 aliphatic carbocycles. The number of amides is 1. The lowest BCUT2D eigenvalue weighted by Crippen LogP contribution is -2.44. The zero-order valence-electron chi connectivity index (χ0n) is 13.5. The molecule has 1 aliphatic rings. The molecule has 0 spiro atoms. The number of ether oxygens (including phenoxy) is 2. The summed E-state index contributed by atoms with van der Waals surface area (Å²) in [5, 5.41) is 2.69. The number of anilines is 1. The van der Waals surface area contributed by atoms with Crippen molar-refractivity contribution in [2.24, 2.45) is 0 Å². The van der Waals surface area contributed by atoms with Crippen LogP contribution in [0.25, 0.3) is 0 Å². The molecule has 0 saturated heterocycles. The van der Waals surface area contributed by atoms with Crippen LogP contribution in [0, 0.1) is 0 Å². The Kier molecular flexibility index (Phi) is 4.88. The molecule has 1 N–H and O–H groups in total. The van der Waals surface area contributed by atoms with Crippen LogP contribution in [0.1, 0.15) is 22.1 Å². The second-order valence-corrected chi connectivity index (χ2v) is 5.46. The van der Waals surface area contributed by atoms with Gasteiger partial charge in [0.25, 0.3) is 5.91 Å². The van der Waals surface area contributed by atoms with E-state index in [4.69, 9.17) is 0 Å². The number of nitrogens with zero attached hydrogens (tertiary/aromatic N) is 1. The molecule has 1 atom stereocenters. The summed E-state index contributed by atoms with van der Waals surface area (Å²) in [7, 11) is 1.67. The lowest BCUT2D eigenvalue weighted by atomic mass is 10.0. The van der Waals surface area contributed by atoms with Gasteiger partial charge in [-0.05, 0) is 24.3 Å². The van der Waals surface area contributed by atoms with Gasteiger partial charge in [0.2, 0.25) is 0 Å². The van der Waals surface area contributed by atoms with Crippen LogP contribution in [-0.4, -0.2) is 26.2 Å². The van der Waals surface area contributed by atoms with Crippen LogP contribution in [0.2, 0.25) is 0 Å². The Morgan fingerprint density at radius 1 is 1.04 bits per heavy atom. The van der Waals surface area contributed by atoms with Gasteiger partial charge in [-0.1, -0.05) is 12.1 Å². The Hall–Kier alpha value is -2.97. The van der Waals surface area contributed by atoms with E-state index in [-0.39, 0.29) is 23.0 Å². The van der Waals surface area contributed by atoms with Gasteiger partial charge in [-0.3, -0.25) is 4.79 Å². The van der Waals surface area contributed by atoms with Crippen LogP contribution in [0.4, 0.5) is 23.2 Å². The molecule has 0 saturated carbocycles. The molecule has 0 bridgehead atoms. The topological polar surface area (TPSA) is 50.8 Å². The lowest BCUT2D eigenvalue weighted by Gasteiger charge is -2.37. The van der Waals surface area contributed by atoms with Gasteiger partial charge in [-0.2, -0.15) is 17.6 Å². The first-order valence-electron chi connectivity index (χ1n) is 7.53. The molecule has 0 aromatic heterocycles. The first-order chi connectivity index (χ1) is 12.4. The molecular weight excluding hydrogens is 356 g/mol. The van der Waals surface area contributed by atoms with Gasteiger partial charge in [0.1, 0.15) is 17.7 Å². The fraction of sp³-hybridized carbons (Fsp3) is 0.235. The highest BCUT2D eigenvalue weighted by Gasteiger charge is 2.31. The molecular formula is C17H14F4N2O3. The normalized spacial score (nSPS) is 16.5. The Balaban J connectivity index is 2.01. The van der Waals surface area contributed by atoms with E-state index in [0.29, 0.717) is 11.3 Å². The molecule has 0 fully saturated rings. The number of nitrogens with one attached hydrogen (secondary N) is 1. The van der Waals surface area contributed by atoms with Gasteiger partial charge >= 0.3 is 13.2 Å². The van der Waals surface area contributed by atoms with E-state index in [1.807, 2.05) is 0 Å². The summed E-state index contributed by atoms with van der Waals surface area (Å²) < 4.78 is 58.9. The lowest BCUT2D eigenvalue weighted by molar-refractivity contribution is -0.0548. The summed E-state index contributed by atoms with van der Waals surface area (Å²) in [6.45, 7) is -6.28. The quantitative estimate of drug-likeness (QED) is 0.815. The van der Waals surface area contributed by atoms with Crippen LogP contribution in [0.3, 0.4) is 0 Å². The number of carbonyl (C=O) groups excluding carboxylic acids is 1. The monoisotopic (exact) mass is 370 g/mol. The van der Waals surface area contributed by atoms with Crippen molar-refractivity contribution in [3.05, 3.63) is 53.6 Å². The van der Waals surface area contributed by atoms with Crippen molar-refractivity contribution in [3.8, 4) is 11.5 Å². The Morgan fingerprint density at radius 2 is 1.73 bits per heavy atom. The Bertz CT molecular complexity index is 816. The highest BCUT2D eigenvalue weighted by molar-refractivity contribution is 6.02. The van der Waals surface area contributed by atoms with Gasteiger partial charge in [0.05, 0.1) is 11.3 Å². The van der Waals surface area contributed by atoms with E-state index < -0.39 is 19.4 Å². The van der Waals surface area contributed by atoms with Gasteiger partial charge in [0, 0.05) is 18.7 Å². The largest absolute Gasteiger partial charge is 0.435 e. The summed E-state index contributed by atoms with van der Waals surface area (Å²) in [5.74, 6) is -1.08. The summed E-state index contributed by atoms with van der Waals surface area (Å²) in [5.41, 5.74) is 1.20. The predicted molar refractivity (Wildman–Crippen MR) is 84.8 cm³/mol. The van der Waals surface area contributed by atoms with E-state index in [1.54, 1.807) is 36.2 Å². The highest BCUT2D eigenvalue weighted by atomic mass is 19.3. The molecule has 1 aliphatic heterocycles. The second-order valence-electron chi connectivity index (χ2n) is 5.46. The molecule has 26 heavy (non-hydrogen) atoms. The minimum absolute atomic E-state index is 0.178. The van der Waals surface area contributed by atoms with Crippen molar-refractivity contribution in [3.63, 3.8) is 0 Å². The zero-order valence-corrected chi connectivity index (χ0v) is 13.5. The summed E-state index contributed by atoms with van der Waals surface area (Å²) in [6.07, 6.45) is -0.827. The smallest absolute Gasteiger partial charge is 0.387 e. The maximum absolute atomic E-state index is 12.8. The van der Waals surface area contributed by atoms with Crippen LogP contribution < -0.4 is 19.7 Å². The standard InChI is InChI=1S/C17H14F4N2O3/c1-23-12-5-3-2-4-10(12)15(24)22-14(23)11-7-6-9(25-16(18)19)8-13(11)26-17(20)21/h2-8,14,16-17H,1H3,(H,22,24)/t14-/m1/s1. The maximum atomic E-state index is 12.8. The van der Waals surface area contributed by atoms with Crippen LogP contribution in [0.15, 0.2) is 42.5 Å². The fourth-order valence-corrected chi connectivity index (χ4v) is 2.81. The molecule has 1 amide bonds. The molecule has 0 unspecified atom stereocenters. The van der Waals surface area contributed by atoms with Crippen molar-refractivity contribution >= 4 is 11.6 Å². The van der Waals surface area contributed by atoms with Crippen LogP contribution in [0.5, 0.6) is 11.5 Å². The summed E-state index contributed by atoms with van der Waals surface area (Å²) >= 11 is 0. The summed E-state index contributed by atoms with van der Waals surface area (Å²) in [4.78, 5) is 14.0. The molecule has 138 valence electrons. The third kappa shape index (κ3) is 3.51. The van der Waals surface area contributed by atoms with Crippen molar-refractivity contribution in [2.45, 2.75) is 19.4 Å². The van der Waals surface area contributed by atoms with Crippen molar-refractivity contribution in [1.29, 1.82) is 0 Å². The molecule has 3 rings (SSSR count).